The molecular weight excluding hydrogens is 339 g/mol. The average molecular weight is 360 g/mol. The lowest BCUT2D eigenvalue weighted by Crippen LogP contribution is -2.37. The molecule has 0 unspecified atom stereocenters. The summed E-state index contributed by atoms with van der Waals surface area (Å²) in [6, 6.07) is 7.45. The van der Waals surface area contributed by atoms with Gasteiger partial charge in [0.25, 0.3) is 5.91 Å². The van der Waals surface area contributed by atoms with Crippen LogP contribution in [0.3, 0.4) is 0 Å². The van der Waals surface area contributed by atoms with Crippen molar-refractivity contribution < 1.29 is 23.1 Å². The third-order valence-electron chi connectivity index (χ3n) is 4.45. The first-order chi connectivity index (χ1) is 12.6. The van der Waals surface area contributed by atoms with E-state index in [1.807, 2.05) is 0 Å². The van der Waals surface area contributed by atoms with Crippen molar-refractivity contribution in [2.75, 3.05) is 33.3 Å². The number of rotatable bonds is 4. The molecule has 0 N–H and O–H groups in total. The number of methoxy groups -OCH3 is 1. The fraction of sp³-hybridized carbons (Fsp3) is 0.368. The Morgan fingerprint density at radius 3 is 2.65 bits per heavy atom. The highest BCUT2D eigenvalue weighted by Crippen LogP contribution is 2.21. The summed E-state index contributed by atoms with van der Waals surface area (Å²) in [4.78, 5) is 28.4. The molecule has 1 aliphatic heterocycles. The summed E-state index contributed by atoms with van der Waals surface area (Å²) >= 11 is 0. The summed E-state index contributed by atoms with van der Waals surface area (Å²) in [7, 11) is 1.49. The van der Waals surface area contributed by atoms with E-state index < -0.39 is 5.82 Å². The number of ether oxygens (including phenoxy) is 1. The van der Waals surface area contributed by atoms with Crippen LogP contribution in [-0.2, 0) is 11.2 Å². The Kier molecular flexibility index (Phi) is 5.55. The molecule has 7 heteroatoms. The Bertz CT molecular complexity index is 776. The molecule has 6 nitrogen and oxygen atoms in total. The minimum Gasteiger partial charge on any atom is -0.496 e. The van der Waals surface area contributed by atoms with Crippen LogP contribution >= 0.6 is 0 Å². The Morgan fingerprint density at radius 2 is 1.92 bits per heavy atom. The van der Waals surface area contributed by atoms with Gasteiger partial charge in [-0.1, -0.05) is 0 Å². The van der Waals surface area contributed by atoms with Crippen molar-refractivity contribution in [3.63, 3.8) is 0 Å². The second kappa shape index (κ2) is 8.03. The molecule has 2 heterocycles. The summed E-state index contributed by atoms with van der Waals surface area (Å²) in [6.45, 7) is 1.99. The van der Waals surface area contributed by atoms with Gasteiger partial charge in [-0.15, -0.1) is 0 Å². The van der Waals surface area contributed by atoms with E-state index in [1.165, 1.54) is 31.6 Å². The van der Waals surface area contributed by atoms with Gasteiger partial charge in [0.15, 0.2) is 5.76 Å². The molecule has 0 spiro atoms. The van der Waals surface area contributed by atoms with Crippen LogP contribution in [0.4, 0.5) is 4.39 Å². The SMILES string of the molecule is COc1ccc(F)cc1CC(=O)N1CCCN(C(=O)c2ccco2)CC1. The minimum atomic E-state index is -0.403. The molecule has 0 saturated carbocycles. The van der Waals surface area contributed by atoms with E-state index in [9.17, 15) is 14.0 Å². The van der Waals surface area contributed by atoms with Crippen molar-refractivity contribution in [1.29, 1.82) is 0 Å². The third-order valence-corrected chi connectivity index (χ3v) is 4.45. The lowest BCUT2D eigenvalue weighted by atomic mass is 10.1. The van der Waals surface area contributed by atoms with Crippen LogP contribution in [0.1, 0.15) is 22.5 Å². The molecule has 1 saturated heterocycles. The molecule has 1 aliphatic rings. The molecule has 1 fully saturated rings. The van der Waals surface area contributed by atoms with Gasteiger partial charge in [0, 0.05) is 31.7 Å². The highest BCUT2D eigenvalue weighted by atomic mass is 19.1. The maximum absolute atomic E-state index is 13.5. The minimum absolute atomic E-state index is 0.0626. The topological polar surface area (TPSA) is 63.0 Å². The summed E-state index contributed by atoms with van der Waals surface area (Å²) < 4.78 is 23.8. The van der Waals surface area contributed by atoms with Crippen LogP contribution in [0, 0.1) is 5.82 Å². The predicted octanol–water partition coefficient (Wildman–Crippen LogP) is 2.34. The molecule has 1 aromatic heterocycles. The molecule has 2 aromatic rings. The number of hydrogen-bond donors (Lipinski definition) is 0. The molecule has 1 aromatic carbocycles. The quantitative estimate of drug-likeness (QED) is 0.840. The van der Waals surface area contributed by atoms with Crippen molar-refractivity contribution in [3.8, 4) is 5.75 Å². The molecule has 0 bridgehead atoms. The van der Waals surface area contributed by atoms with Crippen LogP contribution in [0.15, 0.2) is 41.0 Å². The summed E-state index contributed by atoms with van der Waals surface area (Å²) in [5, 5.41) is 0. The zero-order valence-corrected chi connectivity index (χ0v) is 14.6. The number of furan rings is 1. The van der Waals surface area contributed by atoms with Gasteiger partial charge in [0.2, 0.25) is 5.91 Å². The lowest BCUT2D eigenvalue weighted by molar-refractivity contribution is -0.130. The highest BCUT2D eigenvalue weighted by molar-refractivity contribution is 5.91. The van der Waals surface area contributed by atoms with E-state index in [-0.39, 0.29) is 18.2 Å². The van der Waals surface area contributed by atoms with Crippen molar-refractivity contribution >= 4 is 11.8 Å². The molecular formula is C19H21FN2O4. The second-order valence-electron chi connectivity index (χ2n) is 6.14. The number of benzene rings is 1. The largest absolute Gasteiger partial charge is 0.496 e. The van der Waals surface area contributed by atoms with E-state index >= 15 is 0 Å². The Hall–Kier alpha value is -2.83. The van der Waals surface area contributed by atoms with Gasteiger partial charge < -0.3 is 19.0 Å². The maximum Gasteiger partial charge on any atom is 0.289 e. The van der Waals surface area contributed by atoms with Crippen LogP contribution < -0.4 is 4.74 Å². The normalized spacial score (nSPS) is 14.8. The van der Waals surface area contributed by atoms with Gasteiger partial charge in [0.05, 0.1) is 19.8 Å². The molecule has 0 aliphatic carbocycles. The molecule has 0 atom stereocenters. The molecule has 0 radical (unpaired) electrons. The average Bonchev–Trinajstić information content (AvgIpc) is 3.05. The number of amides is 2. The smallest absolute Gasteiger partial charge is 0.289 e. The number of hydrogen-bond acceptors (Lipinski definition) is 4. The molecule has 3 rings (SSSR count). The van der Waals surface area contributed by atoms with Crippen LogP contribution in [0.25, 0.3) is 0 Å². The fourth-order valence-electron chi connectivity index (χ4n) is 3.09. The van der Waals surface area contributed by atoms with E-state index in [1.54, 1.807) is 21.9 Å². The Morgan fingerprint density at radius 1 is 1.15 bits per heavy atom. The van der Waals surface area contributed by atoms with Crippen LogP contribution in [-0.4, -0.2) is 54.9 Å². The molecule has 138 valence electrons. The van der Waals surface area contributed by atoms with Crippen molar-refractivity contribution in [3.05, 3.63) is 53.7 Å². The number of nitrogens with zero attached hydrogens (tertiary/aromatic N) is 2. The van der Waals surface area contributed by atoms with E-state index in [2.05, 4.69) is 0 Å². The first-order valence-electron chi connectivity index (χ1n) is 8.51. The number of carbonyl (C=O) groups excluding carboxylic acids is 2. The Labute approximate surface area is 151 Å². The monoisotopic (exact) mass is 360 g/mol. The maximum atomic E-state index is 13.5. The fourth-order valence-corrected chi connectivity index (χ4v) is 3.09. The van der Waals surface area contributed by atoms with Crippen LogP contribution in [0.2, 0.25) is 0 Å². The van der Waals surface area contributed by atoms with Crippen molar-refractivity contribution in [2.45, 2.75) is 12.8 Å². The van der Waals surface area contributed by atoms with Crippen molar-refractivity contribution in [1.82, 2.24) is 9.80 Å². The Balaban J connectivity index is 1.63. The first-order valence-corrected chi connectivity index (χ1v) is 8.51. The lowest BCUT2D eigenvalue weighted by Gasteiger charge is -2.22. The predicted molar refractivity (Wildman–Crippen MR) is 92.5 cm³/mol. The van der Waals surface area contributed by atoms with Gasteiger partial charge in [-0.3, -0.25) is 9.59 Å². The van der Waals surface area contributed by atoms with Crippen molar-refractivity contribution in [2.24, 2.45) is 0 Å². The van der Waals surface area contributed by atoms with E-state index in [0.29, 0.717) is 49.7 Å². The number of halogens is 1. The van der Waals surface area contributed by atoms with E-state index in [0.717, 1.165) is 0 Å². The van der Waals surface area contributed by atoms with Gasteiger partial charge in [-0.05, 0) is 36.8 Å². The number of carbonyl (C=O) groups is 2. The molecule has 26 heavy (non-hydrogen) atoms. The van der Waals surface area contributed by atoms with Crippen LogP contribution in [0.5, 0.6) is 5.75 Å². The van der Waals surface area contributed by atoms with Gasteiger partial charge in [-0.2, -0.15) is 0 Å². The van der Waals surface area contributed by atoms with E-state index in [4.69, 9.17) is 9.15 Å². The second-order valence-corrected chi connectivity index (χ2v) is 6.14. The molecule has 2 amide bonds. The highest BCUT2D eigenvalue weighted by Gasteiger charge is 2.24. The zero-order chi connectivity index (χ0) is 18.5. The standard InChI is InChI=1S/C19H21FN2O4/c1-25-16-6-5-15(20)12-14(16)13-18(23)21-7-3-8-22(10-9-21)19(24)17-4-2-11-26-17/h2,4-6,11-12H,3,7-10,13H2,1H3. The third kappa shape index (κ3) is 4.04. The summed E-state index contributed by atoms with van der Waals surface area (Å²) in [5.74, 6) is 0.107. The summed E-state index contributed by atoms with van der Waals surface area (Å²) in [5.41, 5.74) is 0.519. The summed E-state index contributed by atoms with van der Waals surface area (Å²) in [6.07, 6.45) is 2.21. The first kappa shape index (κ1) is 18.0. The van der Waals surface area contributed by atoms with Gasteiger partial charge in [-0.25, -0.2) is 4.39 Å². The van der Waals surface area contributed by atoms with Gasteiger partial charge in [0.1, 0.15) is 11.6 Å². The zero-order valence-electron chi connectivity index (χ0n) is 14.6. The van der Waals surface area contributed by atoms with Gasteiger partial charge >= 0.3 is 0 Å².